The van der Waals surface area contributed by atoms with Crippen molar-refractivity contribution in [3.05, 3.63) is 50.5 Å². The highest BCUT2D eigenvalue weighted by Crippen LogP contribution is 2.32. The largest absolute Gasteiger partial charge is 0.419 e. The number of rotatable bonds is 5. The number of carbonyl (C=O) groups excluding carboxylic acids is 1. The number of aryl methyl sites for hydroxylation is 1. The molecule has 0 fully saturated rings. The van der Waals surface area contributed by atoms with Gasteiger partial charge in [-0.2, -0.15) is 18.2 Å². The molecular weight excluding hydrogens is 372 g/mol. The molecule has 1 aromatic heterocycles. The fourth-order valence-corrected chi connectivity index (χ4v) is 3.31. The molecule has 2 aromatic rings. The SMILES string of the molecule is CCOCCn1c(C)c(C)s/c1=N\C(=O)c1cccc(C(F)(F)F)c1F. The van der Waals surface area contributed by atoms with Crippen LogP contribution in [0, 0.1) is 19.7 Å². The van der Waals surface area contributed by atoms with Crippen molar-refractivity contribution in [2.24, 2.45) is 4.99 Å². The maximum atomic E-state index is 14.1. The highest BCUT2D eigenvalue weighted by Gasteiger charge is 2.35. The minimum Gasteiger partial charge on any atom is -0.380 e. The van der Waals surface area contributed by atoms with Gasteiger partial charge in [0, 0.05) is 23.7 Å². The van der Waals surface area contributed by atoms with E-state index in [9.17, 15) is 22.4 Å². The first-order chi connectivity index (χ1) is 12.2. The van der Waals surface area contributed by atoms with Crippen molar-refractivity contribution in [3.8, 4) is 0 Å². The van der Waals surface area contributed by atoms with Crippen LogP contribution in [0.15, 0.2) is 23.2 Å². The Labute approximate surface area is 151 Å². The number of halogens is 4. The molecule has 0 atom stereocenters. The van der Waals surface area contributed by atoms with E-state index in [4.69, 9.17) is 4.74 Å². The minimum atomic E-state index is -4.88. The van der Waals surface area contributed by atoms with Crippen LogP contribution in [0.4, 0.5) is 17.6 Å². The van der Waals surface area contributed by atoms with Crippen molar-refractivity contribution in [2.45, 2.75) is 33.5 Å². The molecule has 0 bridgehead atoms. The Morgan fingerprint density at radius 3 is 2.62 bits per heavy atom. The van der Waals surface area contributed by atoms with Gasteiger partial charge in [0.05, 0.1) is 17.7 Å². The van der Waals surface area contributed by atoms with E-state index in [0.717, 1.165) is 22.7 Å². The Bertz CT molecular complexity index is 869. The van der Waals surface area contributed by atoms with Gasteiger partial charge in [-0.15, -0.1) is 11.3 Å². The molecule has 2 rings (SSSR count). The van der Waals surface area contributed by atoms with Crippen LogP contribution in [-0.4, -0.2) is 23.7 Å². The van der Waals surface area contributed by atoms with Crippen molar-refractivity contribution >= 4 is 17.2 Å². The molecule has 9 heteroatoms. The molecule has 4 nitrogen and oxygen atoms in total. The molecular formula is C17H18F4N2O2S. The summed E-state index contributed by atoms with van der Waals surface area (Å²) in [5.74, 6) is -2.67. The highest BCUT2D eigenvalue weighted by molar-refractivity contribution is 7.09. The van der Waals surface area contributed by atoms with E-state index in [2.05, 4.69) is 4.99 Å². The molecule has 0 aliphatic rings. The van der Waals surface area contributed by atoms with Gasteiger partial charge in [0.2, 0.25) is 0 Å². The molecule has 0 saturated carbocycles. The fourth-order valence-electron chi connectivity index (χ4n) is 2.31. The predicted molar refractivity (Wildman–Crippen MR) is 89.6 cm³/mol. The van der Waals surface area contributed by atoms with Crippen LogP contribution in [-0.2, 0) is 17.5 Å². The topological polar surface area (TPSA) is 43.6 Å². The molecule has 0 spiro atoms. The summed E-state index contributed by atoms with van der Waals surface area (Å²) in [6.07, 6.45) is -4.88. The van der Waals surface area contributed by atoms with Gasteiger partial charge in [-0.1, -0.05) is 6.07 Å². The average Bonchev–Trinajstić information content (AvgIpc) is 2.81. The molecule has 0 aliphatic heterocycles. The third-order valence-electron chi connectivity index (χ3n) is 3.78. The first kappa shape index (κ1) is 20.3. The molecule has 0 unspecified atom stereocenters. The first-order valence-electron chi connectivity index (χ1n) is 7.86. The number of carbonyl (C=O) groups is 1. The summed E-state index contributed by atoms with van der Waals surface area (Å²) >= 11 is 1.21. The average molecular weight is 390 g/mol. The summed E-state index contributed by atoms with van der Waals surface area (Å²) in [6, 6.07) is 2.57. The summed E-state index contributed by atoms with van der Waals surface area (Å²) in [7, 11) is 0. The zero-order valence-corrected chi connectivity index (χ0v) is 15.3. The number of hydrogen-bond acceptors (Lipinski definition) is 3. The lowest BCUT2D eigenvalue weighted by Crippen LogP contribution is -2.21. The second-order valence-corrected chi connectivity index (χ2v) is 6.64. The molecule has 0 N–H and O–H groups in total. The summed E-state index contributed by atoms with van der Waals surface area (Å²) in [4.78, 5) is 17.4. The first-order valence-corrected chi connectivity index (χ1v) is 8.67. The number of thiazole rings is 1. The molecule has 0 aliphatic carbocycles. The number of ether oxygens (including phenoxy) is 1. The van der Waals surface area contributed by atoms with Gasteiger partial charge >= 0.3 is 6.18 Å². The monoisotopic (exact) mass is 390 g/mol. The molecule has 1 aromatic carbocycles. The van der Waals surface area contributed by atoms with Crippen molar-refractivity contribution in [2.75, 3.05) is 13.2 Å². The smallest absolute Gasteiger partial charge is 0.380 e. The Morgan fingerprint density at radius 1 is 1.31 bits per heavy atom. The summed E-state index contributed by atoms with van der Waals surface area (Å²) in [5, 5.41) is 0. The fraction of sp³-hybridized carbons (Fsp3) is 0.412. The Morgan fingerprint density at radius 2 is 2.00 bits per heavy atom. The molecule has 1 heterocycles. The number of hydrogen-bond donors (Lipinski definition) is 0. The number of nitrogens with zero attached hydrogens (tertiary/aromatic N) is 2. The summed E-state index contributed by atoms with van der Waals surface area (Å²) in [6.45, 7) is 6.89. The van der Waals surface area contributed by atoms with E-state index in [1.807, 2.05) is 20.8 Å². The van der Waals surface area contributed by atoms with Gasteiger partial charge < -0.3 is 9.30 Å². The highest BCUT2D eigenvalue weighted by atomic mass is 32.1. The van der Waals surface area contributed by atoms with Crippen molar-refractivity contribution in [1.82, 2.24) is 4.57 Å². The Hall–Kier alpha value is -2.00. The quantitative estimate of drug-likeness (QED) is 0.570. The van der Waals surface area contributed by atoms with Gasteiger partial charge in [-0.05, 0) is 32.9 Å². The maximum absolute atomic E-state index is 14.1. The van der Waals surface area contributed by atoms with E-state index < -0.39 is 29.0 Å². The molecule has 0 saturated heterocycles. The zero-order chi connectivity index (χ0) is 19.5. The lowest BCUT2D eigenvalue weighted by molar-refractivity contribution is -0.140. The lowest BCUT2D eigenvalue weighted by atomic mass is 10.1. The van der Waals surface area contributed by atoms with Crippen LogP contribution in [0.1, 0.15) is 33.4 Å². The van der Waals surface area contributed by atoms with Crippen LogP contribution in [0.2, 0.25) is 0 Å². The van der Waals surface area contributed by atoms with E-state index in [1.165, 1.54) is 11.3 Å². The van der Waals surface area contributed by atoms with E-state index in [1.54, 1.807) is 4.57 Å². The van der Waals surface area contributed by atoms with Crippen LogP contribution < -0.4 is 4.80 Å². The van der Waals surface area contributed by atoms with Crippen LogP contribution in [0.25, 0.3) is 0 Å². The van der Waals surface area contributed by atoms with Crippen molar-refractivity contribution in [1.29, 1.82) is 0 Å². The van der Waals surface area contributed by atoms with Crippen LogP contribution in [0.3, 0.4) is 0 Å². The standard InChI is InChI=1S/C17H18F4N2O2S/c1-4-25-9-8-23-10(2)11(3)26-16(23)22-15(24)12-6-5-7-13(14(12)18)17(19,20)21/h5-7H,4,8-9H2,1-3H3/b22-16-. The predicted octanol–water partition coefficient (Wildman–Crippen LogP) is 4.10. The van der Waals surface area contributed by atoms with E-state index >= 15 is 0 Å². The van der Waals surface area contributed by atoms with E-state index in [0.29, 0.717) is 30.6 Å². The maximum Gasteiger partial charge on any atom is 0.419 e. The van der Waals surface area contributed by atoms with Gasteiger partial charge in [-0.25, -0.2) is 4.39 Å². The number of alkyl halides is 3. The zero-order valence-electron chi connectivity index (χ0n) is 14.5. The van der Waals surface area contributed by atoms with E-state index in [-0.39, 0.29) is 0 Å². The third kappa shape index (κ3) is 4.39. The number of benzene rings is 1. The van der Waals surface area contributed by atoms with Crippen molar-refractivity contribution in [3.63, 3.8) is 0 Å². The molecule has 142 valence electrons. The molecule has 1 amide bonds. The van der Waals surface area contributed by atoms with Gasteiger partial charge in [0.25, 0.3) is 5.91 Å². The van der Waals surface area contributed by atoms with Gasteiger partial charge in [0.15, 0.2) is 4.80 Å². The Balaban J connectivity index is 2.45. The van der Waals surface area contributed by atoms with Crippen LogP contribution >= 0.6 is 11.3 Å². The van der Waals surface area contributed by atoms with Crippen molar-refractivity contribution < 1.29 is 27.1 Å². The summed E-state index contributed by atoms with van der Waals surface area (Å²) in [5.41, 5.74) is -1.33. The van der Waals surface area contributed by atoms with Crippen LogP contribution in [0.5, 0.6) is 0 Å². The lowest BCUT2D eigenvalue weighted by Gasteiger charge is -2.09. The van der Waals surface area contributed by atoms with Gasteiger partial charge in [0.1, 0.15) is 5.82 Å². The third-order valence-corrected chi connectivity index (χ3v) is 4.88. The Kier molecular flexibility index (Phi) is 6.35. The number of aromatic nitrogens is 1. The minimum absolute atomic E-state index is 0.293. The molecule has 26 heavy (non-hydrogen) atoms. The summed E-state index contributed by atoms with van der Waals surface area (Å²) < 4.78 is 59.6. The second kappa shape index (κ2) is 8.13. The molecule has 0 radical (unpaired) electrons. The normalized spacial score (nSPS) is 12.7. The number of amides is 1. The second-order valence-electron chi connectivity index (χ2n) is 5.46. The van der Waals surface area contributed by atoms with Gasteiger partial charge in [-0.3, -0.25) is 4.79 Å².